The van der Waals surface area contributed by atoms with Gasteiger partial charge in [-0.1, -0.05) is 15.9 Å². The number of aryl methyl sites for hydroxylation is 1. The summed E-state index contributed by atoms with van der Waals surface area (Å²) in [7, 11) is 4.08. The van der Waals surface area contributed by atoms with Crippen LogP contribution in [0, 0.1) is 6.92 Å². The van der Waals surface area contributed by atoms with Crippen LogP contribution in [-0.4, -0.2) is 37.2 Å². The maximum Gasteiger partial charge on any atom is 0.170 e. The second kappa shape index (κ2) is 6.93. The van der Waals surface area contributed by atoms with Crippen molar-refractivity contribution in [2.45, 2.75) is 6.92 Å². The quantitative estimate of drug-likeness (QED) is 0.835. The number of hydrogen-bond acceptors (Lipinski definition) is 2. The van der Waals surface area contributed by atoms with Crippen molar-refractivity contribution in [2.75, 3.05) is 32.5 Å². The molecule has 0 saturated carbocycles. The molecule has 0 saturated heterocycles. The lowest BCUT2D eigenvalue weighted by molar-refractivity contribution is 0.413. The zero-order valence-corrected chi connectivity index (χ0v) is 12.8. The summed E-state index contributed by atoms with van der Waals surface area (Å²) in [6.45, 7) is 3.85. The molecule has 0 atom stereocenters. The van der Waals surface area contributed by atoms with E-state index in [0.29, 0.717) is 5.11 Å². The minimum absolute atomic E-state index is 0.664. The number of anilines is 1. The molecule has 1 aromatic carbocycles. The zero-order chi connectivity index (χ0) is 12.8. The highest BCUT2D eigenvalue weighted by molar-refractivity contribution is 9.10. The molecule has 1 aromatic rings. The number of nitrogens with zero attached hydrogens (tertiary/aromatic N) is 1. The van der Waals surface area contributed by atoms with Gasteiger partial charge in [0.25, 0.3) is 0 Å². The molecule has 0 fully saturated rings. The van der Waals surface area contributed by atoms with Crippen LogP contribution < -0.4 is 10.6 Å². The number of halogens is 1. The summed E-state index contributed by atoms with van der Waals surface area (Å²) in [6, 6.07) is 6.07. The fourth-order valence-corrected chi connectivity index (χ4v) is 2.01. The molecule has 0 aliphatic carbocycles. The lowest BCUT2D eigenvalue weighted by Crippen LogP contribution is -2.34. The highest BCUT2D eigenvalue weighted by atomic mass is 79.9. The number of likely N-dealkylation sites (N-methyl/N-ethyl adjacent to an activating group) is 1. The molecule has 0 aromatic heterocycles. The second-order valence-electron chi connectivity index (χ2n) is 4.14. The Morgan fingerprint density at radius 3 is 2.71 bits per heavy atom. The van der Waals surface area contributed by atoms with E-state index in [-0.39, 0.29) is 0 Å². The normalized spacial score (nSPS) is 10.4. The number of hydrogen-bond donors (Lipinski definition) is 2. The van der Waals surface area contributed by atoms with Crippen molar-refractivity contribution < 1.29 is 0 Å². The Morgan fingerprint density at radius 1 is 1.41 bits per heavy atom. The first-order chi connectivity index (χ1) is 7.99. The molecular formula is C12H18BrN3S. The minimum atomic E-state index is 0.664. The lowest BCUT2D eigenvalue weighted by atomic mass is 10.2. The Kier molecular flexibility index (Phi) is 5.88. The minimum Gasteiger partial charge on any atom is -0.361 e. The van der Waals surface area contributed by atoms with Gasteiger partial charge in [-0.15, -0.1) is 0 Å². The van der Waals surface area contributed by atoms with Crippen LogP contribution in [0.4, 0.5) is 5.69 Å². The number of benzene rings is 1. The van der Waals surface area contributed by atoms with Gasteiger partial charge in [-0.05, 0) is 57.0 Å². The van der Waals surface area contributed by atoms with E-state index in [2.05, 4.69) is 44.5 Å². The Balaban J connectivity index is 2.45. The van der Waals surface area contributed by atoms with Crippen molar-refractivity contribution in [2.24, 2.45) is 0 Å². The van der Waals surface area contributed by atoms with Crippen molar-refractivity contribution in [3.63, 3.8) is 0 Å². The van der Waals surface area contributed by atoms with Gasteiger partial charge in [-0.2, -0.15) is 0 Å². The average molecular weight is 316 g/mol. The molecule has 0 aliphatic heterocycles. The Morgan fingerprint density at radius 2 is 2.12 bits per heavy atom. The highest BCUT2D eigenvalue weighted by Gasteiger charge is 2.01. The maximum absolute atomic E-state index is 5.23. The van der Waals surface area contributed by atoms with E-state index in [1.165, 1.54) is 0 Å². The predicted molar refractivity (Wildman–Crippen MR) is 81.7 cm³/mol. The Bertz CT molecular complexity index is 393. The maximum atomic E-state index is 5.23. The average Bonchev–Trinajstić information content (AvgIpc) is 2.21. The monoisotopic (exact) mass is 315 g/mol. The van der Waals surface area contributed by atoms with Gasteiger partial charge < -0.3 is 15.5 Å². The van der Waals surface area contributed by atoms with Crippen LogP contribution in [0.25, 0.3) is 0 Å². The van der Waals surface area contributed by atoms with Gasteiger partial charge in [-0.25, -0.2) is 0 Å². The van der Waals surface area contributed by atoms with Crippen LogP contribution in [0.1, 0.15) is 5.56 Å². The summed E-state index contributed by atoms with van der Waals surface area (Å²) in [5, 5.41) is 7.03. The van der Waals surface area contributed by atoms with E-state index in [1.807, 2.05) is 26.2 Å². The molecule has 0 unspecified atom stereocenters. The molecule has 0 bridgehead atoms. The van der Waals surface area contributed by atoms with E-state index in [1.54, 1.807) is 0 Å². The van der Waals surface area contributed by atoms with Crippen molar-refractivity contribution in [3.8, 4) is 0 Å². The molecule has 5 heteroatoms. The number of nitrogens with one attached hydrogen (secondary N) is 2. The van der Waals surface area contributed by atoms with E-state index in [4.69, 9.17) is 12.2 Å². The third-order valence-electron chi connectivity index (χ3n) is 2.28. The molecule has 0 heterocycles. The number of thiocarbonyl (C=S) groups is 1. The fraction of sp³-hybridized carbons (Fsp3) is 0.417. The highest BCUT2D eigenvalue weighted by Crippen LogP contribution is 2.19. The molecule has 1 rings (SSSR count). The van der Waals surface area contributed by atoms with E-state index < -0.39 is 0 Å². The number of rotatable bonds is 4. The summed E-state index contributed by atoms with van der Waals surface area (Å²) in [6.07, 6.45) is 0. The summed E-state index contributed by atoms with van der Waals surface area (Å²) in [5.41, 5.74) is 2.20. The van der Waals surface area contributed by atoms with Gasteiger partial charge in [0.1, 0.15) is 0 Å². The molecule has 0 amide bonds. The molecule has 2 N–H and O–H groups in total. The van der Waals surface area contributed by atoms with Gasteiger partial charge in [0.2, 0.25) is 0 Å². The second-order valence-corrected chi connectivity index (χ2v) is 5.47. The lowest BCUT2D eigenvalue weighted by Gasteiger charge is -2.14. The third-order valence-corrected chi connectivity index (χ3v) is 3.02. The van der Waals surface area contributed by atoms with Crippen LogP contribution in [0.3, 0.4) is 0 Å². The Hall–Kier alpha value is -0.650. The largest absolute Gasteiger partial charge is 0.361 e. The first-order valence-corrected chi connectivity index (χ1v) is 6.65. The van der Waals surface area contributed by atoms with Crippen molar-refractivity contribution in [1.29, 1.82) is 0 Å². The van der Waals surface area contributed by atoms with Crippen molar-refractivity contribution in [3.05, 3.63) is 28.2 Å². The summed E-state index contributed by atoms with van der Waals surface area (Å²) < 4.78 is 1.08. The van der Waals surface area contributed by atoms with E-state index in [9.17, 15) is 0 Å². The van der Waals surface area contributed by atoms with Crippen molar-refractivity contribution in [1.82, 2.24) is 10.2 Å². The van der Waals surface area contributed by atoms with Crippen LogP contribution in [0.5, 0.6) is 0 Å². The first kappa shape index (κ1) is 14.4. The zero-order valence-electron chi connectivity index (χ0n) is 10.4. The molecule has 94 valence electrons. The summed E-state index contributed by atoms with van der Waals surface area (Å²) in [4.78, 5) is 2.11. The van der Waals surface area contributed by atoms with Gasteiger partial charge >= 0.3 is 0 Å². The van der Waals surface area contributed by atoms with Gasteiger partial charge in [0, 0.05) is 23.2 Å². The third kappa shape index (κ3) is 5.48. The fourth-order valence-electron chi connectivity index (χ4n) is 1.33. The van der Waals surface area contributed by atoms with Crippen LogP contribution in [-0.2, 0) is 0 Å². The first-order valence-electron chi connectivity index (χ1n) is 5.45. The van der Waals surface area contributed by atoms with E-state index >= 15 is 0 Å². The molecule has 0 radical (unpaired) electrons. The standard InChI is InChI=1S/C12H18BrN3S/c1-9-8-10(13)4-5-11(9)15-12(17)14-6-7-16(2)3/h4-5,8H,6-7H2,1-3H3,(H2,14,15,17). The summed E-state index contributed by atoms with van der Waals surface area (Å²) in [5.74, 6) is 0. The van der Waals surface area contributed by atoms with Gasteiger partial charge in [0.15, 0.2) is 5.11 Å². The molecule has 17 heavy (non-hydrogen) atoms. The van der Waals surface area contributed by atoms with Gasteiger partial charge in [0.05, 0.1) is 0 Å². The molecule has 0 spiro atoms. The van der Waals surface area contributed by atoms with Crippen molar-refractivity contribution >= 4 is 38.9 Å². The van der Waals surface area contributed by atoms with Crippen LogP contribution in [0.15, 0.2) is 22.7 Å². The van der Waals surface area contributed by atoms with E-state index in [0.717, 1.165) is 28.8 Å². The van der Waals surface area contributed by atoms with Gasteiger partial charge in [-0.3, -0.25) is 0 Å². The summed E-state index contributed by atoms with van der Waals surface area (Å²) >= 11 is 8.67. The molecule has 0 aliphatic rings. The molecule has 3 nitrogen and oxygen atoms in total. The SMILES string of the molecule is Cc1cc(Br)ccc1NC(=S)NCCN(C)C. The van der Waals surface area contributed by atoms with Crippen LogP contribution >= 0.6 is 28.1 Å². The van der Waals surface area contributed by atoms with Crippen LogP contribution in [0.2, 0.25) is 0 Å². The Labute approximate surface area is 117 Å². The predicted octanol–water partition coefficient (Wildman–Crippen LogP) is 2.61. The molecular weight excluding hydrogens is 298 g/mol. The topological polar surface area (TPSA) is 27.3 Å². The smallest absolute Gasteiger partial charge is 0.170 e.